The Balaban J connectivity index is 1.99. The zero-order chi connectivity index (χ0) is 14.6. The van der Waals surface area contributed by atoms with Crippen LogP contribution < -0.4 is 5.32 Å². The fourth-order valence-electron chi connectivity index (χ4n) is 4.91. The van der Waals surface area contributed by atoms with Crippen LogP contribution in [0.15, 0.2) is 0 Å². The average molecular weight is 280 g/mol. The Kier molecular flexibility index (Phi) is 5.92. The summed E-state index contributed by atoms with van der Waals surface area (Å²) in [7, 11) is 0. The van der Waals surface area contributed by atoms with Gasteiger partial charge in [0.05, 0.1) is 0 Å². The van der Waals surface area contributed by atoms with Gasteiger partial charge in [0.25, 0.3) is 0 Å². The Morgan fingerprint density at radius 1 is 1.10 bits per heavy atom. The first kappa shape index (κ1) is 16.3. The zero-order valence-electron chi connectivity index (χ0n) is 14.3. The highest BCUT2D eigenvalue weighted by Gasteiger charge is 2.37. The van der Waals surface area contributed by atoms with Gasteiger partial charge in [0, 0.05) is 26.2 Å². The fraction of sp³-hybridized carbons (Fsp3) is 1.00. The van der Waals surface area contributed by atoms with Crippen molar-refractivity contribution in [2.45, 2.75) is 59.8 Å². The van der Waals surface area contributed by atoms with Crippen molar-refractivity contribution in [3.05, 3.63) is 0 Å². The van der Waals surface area contributed by atoms with Crippen molar-refractivity contribution in [1.82, 2.24) is 10.2 Å². The Bertz CT molecular complexity index is 281. The molecule has 1 saturated carbocycles. The molecule has 0 bridgehead atoms. The largest absolute Gasteiger partial charge is 0.316 e. The van der Waals surface area contributed by atoms with E-state index in [0.29, 0.717) is 5.41 Å². The SMILES string of the molecule is CCNCC1(CN2CC(C)CC(C)C2)CCCC(C)C1. The summed E-state index contributed by atoms with van der Waals surface area (Å²) >= 11 is 0. The lowest BCUT2D eigenvalue weighted by Gasteiger charge is -2.46. The van der Waals surface area contributed by atoms with Crippen LogP contribution >= 0.6 is 0 Å². The normalized spacial score (nSPS) is 39.9. The standard InChI is InChI=1S/C18H36N2/c1-5-19-13-18(8-6-7-15(2)10-18)14-20-11-16(3)9-17(4)12-20/h15-17,19H,5-14H2,1-4H3. The molecule has 1 aliphatic carbocycles. The van der Waals surface area contributed by atoms with Gasteiger partial charge in [0.2, 0.25) is 0 Å². The second kappa shape index (κ2) is 7.26. The minimum absolute atomic E-state index is 0.546. The quantitative estimate of drug-likeness (QED) is 0.824. The predicted molar refractivity (Wildman–Crippen MR) is 88.0 cm³/mol. The molecule has 2 heteroatoms. The van der Waals surface area contributed by atoms with Gasteiger partial charge in [-0.25, -0.2) is 0 Å². The second-order valence-corrected chi connectivity index (χ2v) is 8.12. The summed E-state index contributed by atoms with van der Waals surface area (Å²) in [5, 5.41) is 3.66. The molecule has 0 aromatic carbocycles. The van der Waals surface area contributed by atoms with E-state index in [9.17, 15) is 0 Å². The first-order valence-electron chi connectivity index (χ1n) is 8.96. The van der Waals surface area contributed by atoms with E-state index in [-0.39, 0.29) is 0 Å². The maximum absolute atomic E-state index is 3.66. The van der Waals surface area contributed by atoms with Gasteiger partial charge in [-0.05, 0) is 49.0 Å². The van der Waals surface area contributed by atoms with Crippen LogP contribution in [0.5, 0.6) is 0 Å². The molecule has 2 nitrogen and oxygen atoms in total. The molecule has 4 unspecified atom stereocenters. The van der Waals surface area contributed by atoms with Crippen LogP contribution in [-0.2, 0) is 0 Å². The van der Waals surface area contributed by atoms with Gasteiger partial charge >= 0.3 is 0 Å². The monoisotopic (exact) mass is 280 g/mol. The summed E-state index contributed by atoms with van der Waals surface area (Å²) in [4.78, 5) is 2.79. The van der Waals surface area contributed by atoms with Crippen molar-refractivity contribution in [3.8, 4) is 0 Å². The molecule has 20 heavy (non-hydrogen) atoms. The summed E-state index contributed by atoms with van der Waals surface area (Å²) in [5.41, 5.74) is 0.546. The Morgan fingerprint density at radius 3 is 2.40 bits per heavy atom. The molecule has 0 aromatic rings. The number of piperidine rings is 1. The van der Waals surface area contributed by atoms with Crippen LogP contribution in [0.4, 0.5) is 0 Å². The average Bonchev–Trinajstić information content (AvgIpc) is 2.35. The summed E-state index contributed by atoms with van der Waals surface area (Å²) < 4.78 is 0. The van der Waals surface area contributed by atoms with Crippen molar-refractivity contribution in [2.24, 2.45) is 23.2 Å². The smallest absolute Gasteiger partial charge is 0.00505 e. The molecule has 1 heterocycles. The number of nitrogens with one attached hydrogen (secondary N) is 1. The third-order valence-electron chi connectivity index (χ3n) is 5.44. The van der Waals surface area contributed by atoms with E-state index in [1.807, 2.05) is 0 Å². The minimum Gasteiger partial charge on any atom is -0.316 e. The molecule has 2 fully saturated rings. The van der Waals surface area contributed by atoms with Gasteiger partial charge in [-0.3, -0.25) is 0 Å². The molecule has 0 aromatic heterocycles. The highest BCUT2D eigenvalue weighted by Crippen LogP contribution is 2.40. The number of likely N-dealkylation sites (tertiary alicyclic amines) is 1. The molecule has 0 radical (unpaired) electrons. The molecule has 0 spiro atoms. The number of rotatable bonds is 5. The van der Waals surface area contributed by atoms with Crippen molar-refractivity contribution in [1.29, 1.82) is 0 Å². The van der Waals surface area contributed by atoms with Crippen LogP contribution in [0.25, 0.3) is 0 Å². The minimum atomic E-state index is 0.546. The third kappa shape index (κ3) is 4.46. The topological polar surface area (TPSA) is 15.3 Å². The predicted octanol–water partition coefficient (Wildman–Crippen LogP) is 3.77. The maximum atomic E-state index is 3.66. The van der Waals surface area contributed by atoms with E-state index in [4.69, 9.17) is 0 Å². The lowest BCUT2D eigenvalue weighted by atomic mass is 9.69. The Labute approximate surface area is 126 Å². The summed E-state index contributed by atoms with van der Waals surface area (Å²) in [6.45, 7) is 15.9. The van der Waals surface area contributed by atoms with Gasteiger partial charge in [-0.2, -0.15) is 0 Å². The van der Waals surface area contributed by atoms with E-state index >= 15 is 0 Å². The molecule has 4 atom stereocenters. The van der Waals surface area contributed by atoms with E-state index in [0.717, 1.165) is 24.3 Å². The van der Waals surface area contributed by atoms with E-state index < -0.39 is 0 Å². The lowest BCUT2D eigenvalue weighted by molar-refractivity contribution is 0.0456. The second-order valence-electron chi connectivity index (χ2n) is 8.12. The summed E-state index contributed by atoms with van der Waals surface area (Å²) in [6, 6.07) is 0. The Morgan fingerprint density at radius 2 is 1.80 bits per heavy atom. The van der Waals surface area contributed by atoms with Gasteiger partial charge in [-0.15, -0.1) is 0 Å². The maximum Gasteiger partial charge on any atom is 0.00505 e. The first-order valence-corrected chi connectivity index (χ1v) is 8.96. The van der Waals surface area contributed by atoms with Crippen molar-refractivity contribution >= 4 is 0 Å². The number of nitrogens with zero attached hydrogens (tertiary/aromatic N) is 1. The molecule has 2 aliphatic rings. The molecule has 1 saturated heterocycles. The highest BCUT2D eigenvalue weighted by molar-refractivity contribution is 4.91. The highest BCUT2D eigenvalue weighted by atomic mass is 15.1. The third-order valence-corrected chi connectivity index (χ3v) is 5.44. The van der Waals surface area contributed by atoms with Crippen LogP contribution in [0.3, 0.4) is 0 Å². The van der Waals surface area contributed by atoms with E-state index in [2.05, 4.69) is 37.9 Å². The molecule has 1 N–H and O–H groups in total. The van der Waals surface area contributed by atoms with Gasteiger partial charge < -0.3 is 10.2 Å². The van der Waals surface area contributed by atoms with E-state index in [1.165, 1.54) is 58.3 Å². The summed E-state index contributed by atoms with van der Waals surface area (Å²) in [5.74, 6) is 2.69. The molecular weight excluding hydrogens is 244 g/mol. The van der Waals surface area contributed by atoms with Gasteiger partial charge in [0.15, 0.2) is 0 Å². The van der Waals surface area contributed by atoms with Crippen LogP contribution in [-0.4, -0.2) is 37.6 Å². The molecule has 118 valence electrons. The molecule has 1 aliphatic heterocycles. The van der Waals surface area contributed by atoms with Crippen molar-refractivity contribution in [3.63, 3.8) is 0 Å². The zero-order valence-corrected chi connectivity index (χ0v) is 14.3. The summed E-state index contributed by atoms with van der Waals surface area (Å²) in [6.07, 6.45) is 7.17. The number of hydrogen-bond acceptors (Lipinski definition) is 2. The Hall–Kier alpha value is -0.0800. The lowest BCUT2D eigenvalue weighted by Crippen LogP contribution is -2.50. The molecule has 0 amide bonds. The van der Waals surface area contributed by atoms with Crippen molar-refractivity contribution in [2.75, 3.05) is 32.7 Å². The fourth-order valence-corrected chi connectivity index (χ4v) is 4.91. The molecule has 2 rings (SSSR count). The van der Waals surface area contributed by atoms with Gasteiger partial charge in [-0.1, -0.05) is 40.5 Å². The van der Waals surface area contributed by atoms with E-state index in [1.54, 1.807) is 0 Å². The molecular formula is C18H36N2. The van der Waals surface area contributed by atoms with Crippen LogP contribution in [0, 0.1) is 23.2 Å². The van der Waals surface area contributed by atoms with Crippen molar-refractivity contribution < 1.29 is 0 Å². The van der Waals surface area contributed by atoms with Crippen LogP contribution in [0.1, 0.15) is 59.8 Å². The first-order chi connectivity index (χ1) is 9.53. The van der Waals surface area contributed by atoms with Gasteiger partial charge in [0.1, 0.15) is 0 Å². The van der Waals surface area contributed by atoms with Crippen LogP contribution in [0.2, 0.25) is 0 Å². The number of hydrogen-bond donors (Lipinski definition) is 1.